The van der Waals surface area contributed by atoms with Gasteiger partial charge in [-0.1, -0.05) is 0 Å². The highest BCUT2D eigenvalue weighted by molar-refractivity contribution is 9.10. The summed E-state index contributed by atoms with van der Waals surface area (Å²) in [7, 11) is 0. The van der Waals surface area contributed by atoms with Crippen molar-refractivity contribution < 1.29 is 13.2 Å². The Hall–Kier alpha value is -2.09. The van der Waals surface area contributed by atoms with Crippen molar-refractivity contribution in [1.82, 2.24) is 14.6 Å². The van der Waals surface area contributed by atoms with Crippen LogP contribution in [0, 0.1) is 17.5 Å². The summed E-state index contributed by atoms with van der Waals surface area (Å²) >= 11 is 3.31. The molecule has 2 aromatic heterocycles. The summed E-state index contributed by atoms with van der Waals surface area (Å²) in [6.07, 6.45) is 3.26. The Morgan fingerprint density at radius 3 is 2.59 bits per heavy atom. The summed E-state index contributed by atoms with van der Waals surface area (Å²) in [6.45, 7) is 1.57. The molecular weight excluding hydrogens is 361 g/mol. The molecule has 114 valence electrons. The lowest BCUT2D eigenvalue weighted by Crippen LogP contribution is -2.12. The first kappa shape index (κ1) is 14.8. The standard InChI is InChI=1S/C14H10BrF3N4/c1-7(13-10(17)4-8(16)5-11(13)18)20-12-2-3-22-14(21-12)9(15)6-19-22/h2-7H,1H3,(H,20,21)/t7-/m0/s1. The van der Waals surface area contributed by atoms with Crippen molar-refractivity contribution in [3.05, 3.63) is 58.1 Å². The number of benzene rings is 1. The quantitative estimate of drug-likeness (QED) is 0.755. The molecule has 3 aromatic rings. The second-order valence-corrected chi connectivity index (χ2v) is 5.58. The molecule has 2 heterocycles. The van der Waals surface area contributed by atoms with E-state index in [1.165, 1.54) is 0 Å². The first-order chi connectivity index (χ1) is 10.5. The van der Waals surface area contributed by atoms with E-state index in [1.807, 2.05) is 0 Å². The number of rotatable bonds is 3. The monoisotopic (exact) mass is 370 g/mol. The van der Waals surface area contributed by atoms with Gasteiger partial charge >= 0.3 is 0 Å². The van der Waals surface area contributed by atoms with Crippen molar-refractivity contribution in [3.8, 4) is 0 Å². The zero-order valence-electron chi connectivity index (χ0n) is 11.3. The minimum absolute atomic E-state index is 0.240. The molecule has 0 aliphatic rings. The Bertz CT molecular complexity index is 826. The van der Waals surface area contributed by atoms with Gasteiger partial charge in [-0.2, -0.15) is 5.10 Å². The molecule has 0 fully saturated rings. The maximum atomic E-state index is 13.8. The fourth-order valence-electron chi connectivity index (χ4n) is 2.18. The second kappa shape index (κ2) is 5.60. The SMILES string of the molecule is C[C@H](Nc1ccn2ncc(Br)c2n1)c1c(F)cc(F)cc1F. The van der Waals surface area contributed by atoms with Gasteiger partial charge in [0.05, 0.1) is 16.7 Å². The number of nitrogens with one attached hydrogen (secondary N) is 1. The zero-order chi connectivity index (χ0) is 15.9. The maximum Gasteiger partial charge on any atom is 0.171 e. The Balaban J connectivity index is 1.92. The van der Waals surface area contributed by atoms with Crippen LogP contribution in [0.15, 0.2) is 35.1 Å². The predicted octanol–water partition coefficient (Wildman–Crippen LogP) is 4.08. The van der Waals surface area contributed by atoms with Gasteiger partial charge in [0.2, 0.25) is 0 Å². The van der Waals surface area contributed by atoms with Gasteiger partial charge in [-0.3, -0.25) is 0 Å². The number of aromatic nitrogens is 3. The van der Waals surface area contributed by atoms with Crippen LogP contribution in [-0.4, -0.2) is 14.6 Å². The van der Waals surface area contributed by atoms with Gasteiger partial charge in [0.1, 0.15) is 23.3 Å². The van der Waals surface area contributed by atoms with E-state index in [-0.39, 0.29) is 5.56 Å². The van der Waals surface area contributed by atoms with Gasteiger partial charge in [-0.15, -0.1) is 0 Å². The van der Waals surface area contributed by atoms with Crippen molar-refractivity contribution in [1.29, 1.82) is 0 Å². The largest absolute Gasteiger partial charge is 0.363 e. The molecule has 1 N–H and O–H groups in total. The first-order valence-corrected chi connectivity index (χ1v) is 7.16. The van der Waals surface area contributed by atoms with Crippen molar-refractivity contribution in [2.45, 2.75) is 13.0 Å². The molecule has 0 saturated carbocycles. The van der Waals surface area contributed by atoms with Crippen LogP contribution in [0.5, 0.6) is 0 Å². The van der Waals surface area contributed by atoms with Gasteiger partial charge in [-0.05, 0) is 28.9 Å². The zero-order valence-corrected chi connectivity index (χ0v) is 12.9. The molecular formula is C14H10BrF3N4. The van der Waals surface area contributed by atoms with Crippen LogP contribution in [0.25, 0.3) is 5.65 Å². The lowest BCUT2D eigenvalue weighted by atomic mass is 10.1. The molecule has 1 aromatic carbocycles. The van der Waals surface area contributed by atoms with Crippen LogP contribution in [0.1, 0.15) is 18.5 Å². The number of halogens is 4. The molecule has 1 atom stereocenters. The lowest BCUT2D eigenvalue weighted by molar-refractivity contribution is 0.515. The molecule has 0 aliphatic heterocycles. The predicted molar refractivity (Wildman–Crippen MR) is 79.0 cm³/mol. The van der Waals surface area contributed by atoms with Crippen LogP contribution in [0.3, 0.4) is 0 Å². The molecule has 0 saturated heterocycles. The molecule has 3 rings (SSSR count). The van der Waals surface area contributed by atoms with Crippen molar-refractivity contribution in [3.63, 3.8) is 0 Å². The minimum atomic E-state index is -0.950. The summed E-state index contributed by atoms with van der Waals surface area (Å²) in [5.41, 5.74) is 0.327. The second-order valence-electron chi connectivity index (χ2n) is 4.72. The van der Waals surface area contributed by atoms with E-state index in [9.17, 15) is 13.2 Å². The summed E-state index contributed by atoms with van der Waals surface area (Å²) in [6, 6.07) is 2.21. The van der Waals surface area contributed by atoms with Gasteiger partial charge < -0.3 is 5.32 Å². The van der Waals surface area contributed by atoms with Crippen LogP contribution in [0.2, 0.25) is 0 Å². The lowest BCUT2D eigenvalue weighted by Gasteiger charge is -2.16. The summed E-state index contributed by atoms with van der Waals surface area (Å²) < 4.78 is 42.7. The normalized spacial score (nSPS) is 12.6. The van der Waals surface area contributed by atoms with Crippen molar-refractivity contribution in [2.75, 3.05) is 5.32 Å². The van der Waals surface area contributed by atoms with Crippen molar-refractivity contribution in [2.24, 2.45) is 0 Å². The fraction of sp³-hybridized carbons (Fsp3) is 0.143. The molecule has 0 unspecified atom stereocenters. The average molecular weight is 371 g/mol. The summed E-state index contributed by atoms with van der Waals surface area (Å²) in [5.74, 6) is -2.41. The molecule has 22 heavy (non-hydrogen) atoms. The van der Waals surface area contributed by atoms with Crippen LogP contribution in [0.4, 0.5) is 19.0 Å². The van der Waals surface area contributed by atoms with E-state index in [2.05, 4.69) is 31.3 Å². The van der Waals surface area contributed by atoms with Gasteiger partial charge in [-0.25, -0.2) is 22.7 Å². The number of nitrogens with zero attached hydrogens (tertiary/aromatic N) is 3. The molecule has 0 spiro atoms. The highest BCUT2D eigenvalue weighted by Gasteiger charge is 2.18. The van der Waals surface area contributed by atoms with Crippen LogP contribution in [-0.2, 0) is 0 Å². The van der Waals surface area contributed by atoms with E-state index in [0.717, 1.165) is 0 Å². The third kappa shape index (κ3) is 2.66. The van der Waals surface area contributed by atoms with E-state index < -0.39 is 23.5 Å². The molecule has 0 aliphatic carbocycles. The topological polar surface area (TPSA) is 42.2 Å². The Labute approximate surface area is 132 Å². The maximum absolute atomic E-state index is 13.8. The first-order valence-electron chi connectivity index (χ1n) is 6.36. The molecule has 8 heteroatoms. The molecule has 0 bridgehead atoms. The highest BCUT2D eigenvalue weighted by Crippen LogP contribution is 2.25. The molecule has 4 nitrogen and oxygen atoms in total. The highest BCUT2D eigenvalue weighted by atomic mass is 79.9. The Kier molecular flexibility index (Phi) is 3.78. The number of hydrogen-bond acceptors (Lipinski definition) is 3. The van der Waals surface area contributed by atoms with E-state index >= 15 is 0 Å². The van der Waals surface area contributed by atoms with E-state index in [1.54, 1.807) is 29.9 Å². The minimum Gasteiger partial charge on any atom is -0.363 e. The van der Waals surface area contributed by atoms with Gasteiger partial charge in [0, 0.05) is 23.9 Å². The number of hydrogen-bond donors (Lipinski definition) is 1. The Morgan fingerprint density at radius 2 is 1.91 bits per heavy atom. The third-order valence-corrected chi connectivity index (χ3v) is 3.73. The van der Waals surface area contributed by atoms with Crippen LogP contribution < -0.4 is 5.32 Å². The van der Waals surface area contributed by atoms with Gasteiger partial charge in [0.25, 0.3) is 0 Å². The summed E-state index contributed by atoms with van der Waals surface area (Å²) in [4.78, 5) is 4.30. The smallest absolute Gasteiger partial charge is 0.171 e. The van der Waals surface area contributed by atoms with Crippen LogP contribution >= 0.6 is 15.9 Å². The number of fused-ring (bicyclic) bond motifs is 1. The average Bonchev–Trinajstić information content (AvgIpc) is 2.79. The summed E-state index contributed by atoms with van der Waals surface area (Å²) in [5, 5.41) is 6.95. The van der Waals surface area contributed by atoms with Crippen molar-refractivity contribution >= 4 is 27.4 Å². The Morgan fingerprint density at radius 1 is 1.23 bits per heavy atom. The van der Waals surface area contributed by atoms with E-state index in [4.69, 9.17) is 0 Å². The third-order valence-electron chi connectivity index (χ3n) is 3.17. The molecule has 0 radical (unpaired) electrons. The van der Waals surface area contributed by atoms with E-state index in [0.29, 0.717) is 28.1 Å². The fourth-order valence-corrected chi connectivity index (χ4v) is 2.54. The van der Waals surface area contributed by atoms with Gasteiger partial charge in [0.15, 0.2) is 5.65 Å². The number of anilines is 1. The molecule has 0 amide bonds.